The lowest BCUT2D eigenvalue weighted by Gasteiger charge is -2.29. The number of rotatable bonds is 7. The molecule has 0 saturated carbocycles. The average molecular weight is 563 g/mol. The first kappa shape index (κ1) is 27.2. The Labute approximate surface area is 210 Å². The number of hydrogen-bond acceptors (Lipinski definition) is 4. The number of hydrazine groups is 1. The number of amides is 1. The van der Waals surface area contributed by atoms with Crippen LogP contribution in [0, 0.1) is 0 Å². The molecule has 0 bridgehead atoms. The zero-order valence-corrected chi connectivity index (χ0v) is 19.7. The number of hydrogen-bond donors (Lipinski definition) is 2. The summed E-state index contributed by atoms with van der Waals surface area (Å²) in [5.74, 6) is -0.730. The number of benzene rings is 2. The van der Waals surface area contributed by atoms with E-state index in [0.717, 1.165) is 12.1 Å². The lowest BCUT2D eigenvalue weighted by Crippen LogP contribution is -2.42. The highest BCUT2D eigenvalue weighted by atomic mass is 35.5. The summed E-state index contributed by atoms with van der Waals surface area (Å²) >= 11 is 17.8. The van der Waals surface area contributed by atoms with Crippen LogP contribution in [0.3, 0.4) is 0 Å². The Kier molecular flexibility index (Phi) is 8.02. The molecule has 1 atom stereocenters. The third-order valence-corrected chi connectivity index (χ3v) is 5.78. The molecule has 5 nitrogen and oxygen atoms in total. The summed E-state index contributed by atoms with van der Waals surface area (Å²) in [7, 11) is 0. The molecule has 0 spiro atoms. The molecule has 1 aliphatic rings. The molecule has 35 heavy (non-hydrogen) atoms. The summed E-state index contributed by atoms with van der Waals surface area (Å²) in [5.41, 5.74) is 1.70. The number of halogens is 9. The van der Waals surface area contributed by atoms with Crippen molar-refractivity contribution >= 4 is 52.1 Å². The van der Waals surface area contributed by atoms with E-state index in [1.807, 2.05) is 0 Å². The maximum atomic E-state index is 14.1. The van der Waals surface area contributed by atoms with Crippen molar-refractivity contribution < 1.29 is 36.0 Å². The van der Waals surface area contributed by atoms with Crippen molar-refractivity contribution in [2.45, 2.75) is 43.6 Å². The van der Waals surface area contributed by atoms with Gasteiger partial charge in [0.05, 0.1) is 16.4 Å². The fourth-order valence-electron chi connectivity index (χ4n) is 3.30. The van der Waals surface area contributed by atoms with E-state index in [0.29, 0.717) is 0 Å². The molecular formula is C21H16Cl3F6N3O2. The molecule has 1 unspecified atom stereocenters. The Morgan fingerprint density at radius 1 is 1.03 bits per heavy atom. The summed E-state index contributed by atoms with van der Waals surface area (Å²) in [6, 6.07) is 7.52. The monoisotopic (exact) mass is 561 g/mol. The van der Waals surface area contributed by atoms with E-state index >= 15 is 0 Å². The van der Waals surface area contributed by atoms with Crippen LogP contribution in [0.25, 0.3) is 0 Å². The van der Waals surface area contributed by atoms with E-state index < -0.39 is 49.5 Å². The van der Waals surface area contributed by atoms with Gasteiger partial charge < -0.3 is 4.84 Å². The SMILES string of the molecule is O=C(CCCC(F)(F)F)NNc1cc(C2=NOC(c3cc(Cl)cc(Cl)c3)(C(F)(F)F)C2)ccc1Cl. The minimum Gasteiger partial charge on any atom is -0.374 e. The molecule has 0 aliphatic carbocycles. The second kappa shape index (κ2) is 10.3. The summed E-state index contributed by atoms with van der Waals surface area (Å²) < 4.78 is 79.1. The summed E-state index contributed by atoms with van der Waals surface area (Å²) in [5, 5.41) is 3.69. The van der Waals surface area contributed by atoms with Gasteiger partial charge in [-0.3, -0.25) is 15.6 Å². The smallest absolute Gasteiger partial charge is 0.374 e. The number of carbonyl (C=O) groups is 1. The maximum absolute atomic E-state index is 14.1. The zero-order valence-electron chi connectivity index (χ0n) is 17.5. The second-order valence-corrected chi connectivity index (χ2v) is 8.91. The zero-order chi connectivity index (χ0) is 26.0. The largest absolute Gasteiger partial charge is 0.435 e. The van der Waals surface area contributed by atoms with Crippen LogP contribution in [0.5, 0.6) is 0 Å². The van der Waals surface area contributed by atoms with Crippen molar-refractivity contribution in [3.63, 3.8) is 0 Å². The molecular weight excluding hydrogens is 547 g/mol. The number of carbonyl (C=O) groups excluding carboxylic acids is 1. The van der Waals surface area contributed by atoms with E-state index in [1.165, 1.54) is 24.3 Å². The van der Waals surface area contributed by atoms with E-state index in [9.17, 15) is 31.1 Å². The highest BCUT2D eigenvalue weighted by molar-refractivity contribution is 6.34. The number of oxime groups is 1. The molecule has 2 aromatic carbocycles. The van der Waals surface area contributed by atoms with Gasteiger partial charge in [-0.05, 0) is 36.8 Å². The molecule has 1 amide bonds. The van der Waals surface area contributed by atoms with Crippen molar-refractivity contribution in [2.24, 2.45) is 5.16 Å². The molecule has 190 valence electrons. The van der Waals surface area contributed by atoms with Crippen LogP contribution < -0.4 is 10.9 Å². The van der Waals surface area contributed by atoms with E-state index in [1.54, 1.807) is 0 Å². The van der Waals surface area contributed by atoms with Gasteiger partial charge in [0.2, 0.25) is 5.91 Å². The van der Waals surface area contributed by atoms with Gasteiger partial charge in [-0.15, -0.1) is 0 Å². The third-order valence-electron chi connectivity index (χ3n) is 5.02. The van der Waals surface area contributed by atoms with Gasteiger partial charge in [-0.2, -0.15) is 26.3 Å². The van der Waals surface area contributed by atoms with Crippen molar-refractivity contribution in [3.05, 3.63) is 62.6 Å². The molecule has 0 fully saturated rings. The lowest BCUT2D eigenvalue weighted by molar-refractivity contribution is -0.275. The van der Waals surface area contributed by atoms with Crippen molar-refractivity contribution in [1.82, 2.24) is 5.43 Å². The van der Waals surface area contributed by atoms with Crippen LogP contribution in [-0.2, 0) is 15.2 Å². The Morgan fingerprint density at radius 3 is 2.29 bits per heavy atom. The van der Waals surface area contributed by atoms with Crippen LogP contribution >= 0.6 is 34.8 Å². The van der Waals surface area contributed by atoms with E-state index in [4.69, 9.17) is 39.6 Å². The van der Waals surface area contributed by atoms with E-state index in [-0.39, 0.29) is 37.6 Å². The molecule has 0 radical (unpaired) electrons. The van der Waals surface area contributed by atoms with Crippen LogP contribution in [0.1, 0.15) is 36.8 Å². The van der Waals surface area contributed by atoms with Gasteiger partial charge in [-0.25, -0.2) is 0 Å². The maximum Gasteiger partial charge on any atom is 0.435 e. The van der Waals surface area contributed by atoms with Gasteiger partial charge in [0.1, 0.15) is 0 Å². The highest BCUT2D eigenvalue weighted by Crippen LogP contribution is 2.49. The number of nitrogens with zero attached hydrogens (tertiary/aromatic N) is 1. The molecule has 2 N–H and O–H groups in total. The van der Waals surface area contributed by atoms with Crippen molar-refractivity contribution in [2.75, 3.05) is 5.43 Å². The second-order valence-electron chi connectivity index (χ2n) is 7.63. The van der Waals surface area contributed by atoms with Crippen LogP contribution in [0.4, 0.5) is 32.0 Å². The first-order chi connectivity index (χ1) is 16.2. The van der Waals surface area contributed by atoms with Crippen molar-refractivity contribution in [3.8, 4) is 0 Å². The van der Waals surface area contributed by atoms with Gasteiger partial charge >= 0.3 is 12.4 Å². The Hall–Kier alpha value is -2.37. The average Bonchev–Trinajstić information content (AvgIpc) is 3.18. The van der Waals surface area contributed by atoms with Crippen LogP contribution in [0.15, 0.2) is 41.6 Å². The van der Waals surface area contributed by atoms with Crippen LogP contribution in [0.2, 0.25) is 15.1 Å². The fourth-order valence-corrected chi connectivity index (χ4v) is 3.99. The normalized spacial score (nSPS) is 18.1. The standard InChI is InChI=1S/C21H16Cl3F6N3O2/c22-13-7-12(8-14(23)9-13)19(21(28,29)30)10-17(33-35-19)11-3-4-15(24)16(6-11)31-32-18(34)2-1-5-20(25,26)27/h3-4,6-9,31H,1-2,5,10H2,(H,32,34). The summed E-state index contributed by atoms with van der Waals surface area (Å²) in [6.07, 6.45) is -11.9. The fraction of sp³-hybridized carbons (Fsp3) is 0.333. The Balaban J connectivity index is 1.76. The Morgan fingerprint density at radius 2 is 1.69 bits per heavy atom. The van der Waals surface area contributed by atoms with Gasteiger partial charge in [-0.1, -0.05) is 46.0 Å². The molecule has 14 heteroatoms. The number of anilines is 1. The van der Waals surface area contributed by atoms with Gasteiger partial charge in [0, 0.05) is 40.4 Å². The van der Waals surface area contributed by atoms with Crippen molar-refractivity contribution in [1.29, 1.82) is 0 Å². The predicted molar refractivity (Wildman–Crippen MR) is 120 cm³/mol. The summed E-state index contributed by atoms with van der Waals surface area (Å²) in [6.45, 7) is 0. The topological polar surface area (TPSA) is 62.7 Å². The minimum absolute atomic E-state index is 0.0165. The first-order valence-corrected chi connectivity index (χ1v) is 11.0. The summed E-state index contributed by atoms with van der Waals surface area (Å²) in [4.78, 5) is 16.7. The Bertz CT molecular complexity index is 1120. The number of nitrogens with one attached hydrogen (secondary N) is 2. The van der Waals surface area contributed by atoms with Crippen LogP contribution in [-0.4, -0.2) is 24.0 Å². The van der Waals surface area contributed by atoms with Gasteiger partial charge in [0.25, 0.3) is 5.60 Å². The van der Waals surface area contributed by atoms with E-state index in [2.05, 4.69) is 16.0 Å². The quantitative estimate of drug-likeness (QED) is 0.273. The molecule has 0 saturated heterocycles. The molecule has 1 aliphatic heterocycles. The lowest BCUT2D eigenvalue weighted by atomic mass is 9.86. The minimum atomic E-state index is -4.88. The predicted octanol–water partition coefficient (Wildman–Crippen LogP) is 7.40. The molecule has 3 rings (SSSR count). The van der Waals surface area contributed by atoms with Gasteiger partial charge in [0.15, 0.2) is 0 Å². The number of alkyl halides is 6. The highest BCUT2D eigenvalue weighted by Gasteiger charge is 2.62. The third kappa shape index (κ3) is 6.65. The first-order valence-electron chi connectivity index (χ1n) is 9.90. The molecule has 1 heterocycles. The molecule has 0 aromatic heterocycles. The molecule has 2 aromatic rings.